The Bertz CT molecular complexity index is 3450. The molecule has 3 nitrogen and oxygen atoms in total. The molecule has 4 aromatic heterocycles. The molecule has 0 aliphatic rings. The second kappa shape index (κ2) is 13.0. The van der Waals surface area contributed by atoms with Crippen molar-refractivity contribution in [1.29, 1.82) is 0 Å². The first-order valence-electron chi connectivity index (χ1n) is 18.8. The number of nitrogens with zero attached hydrogens (tertiary/aromatic N) is 3. The summed E-state index contributed by atoms with van der Waals surface area (Å²) in [5.74, 6) is 0.671. The minimum absolute atomic E-state index is 0.671. The molecule has 264 valence electrons. The van der Waals surface area contributed by atoms with E-state index in [1.807, 2.05) is 23.5 Å². The Kier molecular flexibility index (Phi) is 7.59. The smallest absolute Gasteiger partial charge is 0.236 e. The van der Waals surface area contributed by atoms with Gasteiger partial charge in [0.15, 0.2) is 0 Å². The van der Waals surface area contributed by atoms with Crippen LogP contribution in [0.4, 0.5) is 0 Å². The Morgan fingerprint density at radius 1 is 0.571 bits per heavy atom. The van der Waals surface area contributed by atoms with Crippen LogP contribution in [0.15, 0.2) is 176 Å². The van der Waals surface area contributed by atoms with Gasteiger partial charge in [-0.2, -0.15) is 0 Å². The van der Waals surface area contributed by atoms with Crippen molar-refractivity contribution in [2.75, 3.05) is 0 Å². The summed E-state index contributed by atoms with van der Waals surface area (Å²) >= 11 is 3.60. The van der Waals surface area contributed by atoms with Crippen LogP contribution in [0.25, 0.3) is 107 Å². The molecule has 11 aromatic rings. The summed E-state index contributed by atoms with van der Waals surface area (Å²) in [4.78, 5) is 12.2. The third-order valence-electron chi connectivity index (χ3n) is 10.9. The molecule has 0 aliphatic heterocycles. The molecule has 0 radical (unpaired) electrons. The molecule has 7 aromatic carbocycles. The van der Waals surface area contributed by atoms with Crippen LogP contribution in [0.1, 0.15) is 12.5 Å². The molecule has 56 heavy (non-hydrogen) atoms. The van der Waals surface area contributed by atoms with Crippen molar-refractivity contribution in [2.24, 2.45) is 0 Å². The van der Waals surface area contributed by atoms with Gasteiger partial charge >= 0.3 is 0 Å². The average molecular weight is 752 g/mol. The van der Waals surface area contributed by atoms with Gasteiger partial charge in [-0.25, -0.2) is 9.97 Å². The van der Waals surface area contributed by atoms with E-state index in [4.69, 9.17) is 9.97 Å². The summed E-state index contributed by atoms with van der Waals surface area (Å²) < 4.78 is 6.10. The number of rotatable bonds is 6. The lowest BCUT2D eigenvalue weighted by Gasteiger charge is -2.14. The van der Waals surface area contributed by atoms with Crippen molar-refractivity contribution in [1.82, 2.24) is 14.5 Å². The summed E-state index contributed by atoms with van der Waals surface area (Å²) in [6.45, 7) is 6.03. The zero-order chi connectivity index (χ0) is 37.3. The summed E-state index contributed by atoms with van der Waals surface area (Å²) in [7, 11) is 0. The second-order valence-electron chi connectivity index (χ2n) is 14.2. The molecule has 0 saturated heterocycles. The van der Waals surface area contributed by atoms with E-state index in [-0.39, 0.29) is 0 Å². The molecular weight excluding hydrogens is 719 g/mol. The lowest BCUT2D eigenvalue weighted by Crippen LogP contribution is -2.03. The van der Waals surface area contributed by atoms with Gasteiger partial charge in [-0.05, 0) is 71.0 Å². The molecule has 11 rings (SSSR count). The van der Waals surface area contributed by atoms with E-state index in [2.05, 4.69) is 170 Å². The zero-order valence-electron chi connectivity index (χ0n) is 30.5. The maximum absolute atomic E-state index is 5.71. The van der Waals surface area contributed by atoms with Crippen LogP contribution in [0.3, 0.4) is 0 Å². The fourth-order valence-corrected chi connectivity index (χ4v) is 10.7. The zero-order valence-corrected chi connectivity index (χ0v) is 32.2. The van der Waals surface area contributed by atoms with Crippen LogP contribution in [-0.4, -0.2) is 14.5 Å². The van der Waals surface area contributed by atoms with E-state index in [1.165, 1.54) is 51.8 Å². The number of fused-ring (bicyclic) bond motifs is 13. The van der Waals surface area contributed by atoms with Crippen molar-refractivity contribution in [3.05, 3.63) is 182 Å². The second-order valence-corrected chi connectivity index (χ2v) is 16.3. The molecule has 0 aliphatic carbocycles. The molecule has 5 heteroatoms. The van der Waals surface area contributed by atoms with Gasteiger partial charge in [0.05, 0.1) is 16.7 Å². The summed E-state index contributed by atoms with van der Waals surface area (Å²) in [5, 5.41) is 9.69. The van der Waals surface area contributed by atoms with Crippen LogP contribution < -0.4 is 0 Å². The third-order valence-corrected chi connectivity index (χ3v) is 13.2. The predicted octanol–water partition coefficient (Wildman–Crippen LogP) is 14.9. The Morgan fingerprint density at radius 2 is 1.21 bits per heavy atom. The van der Waals surface area contributed by atoms with Crippen molar-refractivity contribution >= 4 is 101 Å². The van der Waals surface area contributed by atoms with Crippen LogP contribution in [0.5, 0.6) is 0 Å². The standard InChI is InChI=1S/C51H33N3S2/c1-3-4-6-17-31(2)33-28-34(32-18-7-5-8-19-32)30-35(29-33)47-45-39-23-12-16-27-43(39)56-50(45)53-51(52-47)54-41-25-14-11-22-38(41)44-36-20-9-10-21-37(36)49-46(48(44)54)40-24-13-15-26-42(40)55-49/h3-30H,1H2,2H3/b6-4-,31-17+. The molecule has 4 heterocycles. The van der Waals surface area contributed by atoms with Crippen molar-refractivity contribution in [3.63, 3.8) is 0 Å². The highest BCUT2D eigenvalue weighted by Gasteiger charge is 2.25. The van der Waals surface area contributed by atoms with Gasteiger partial charge in [-0.15, -0.1) is 22.7 Å². The average Bonchev–Trinajstić information content (AvgIpc) is 3.93. The van der Waals surface area contributed by atoms with E-state index >= 15 is 0 Å². The quantitative estimate of drug-likeness (QED) is 0.158. The number of thiophene rings is 2. The van der Waals surface area contributed by atoms with E-state index < -0.39 is 0 Å². The van der Waals surface area contributed by atoms with Gasteiger partial charge in [0.1, 0.15) is 4.83 Å². The molecule has 0 atom stereocenters. The minimum atomic E-state index is 0.671. The van der Waals surface area contributed by atoms with E-state index in [1.54, 1.807) is 17.4 Å². The summed E-state index contributed by atoms with van der Waals surface area (Å²) in [6.07, 6.45) is 7.97. The SMILES string of the molecule is C=C/C=C\C=C(/C)c1cc(-c2ccccc2)cc(-c2nc(-n3c4ccccc4c4c5ccccc5c5sc6ccccc6c5c43)nc3sc4ccccc4c23)c1. The monoisotopic (exact) mass is 751 g/mol. The minimum Gasteiger partial charge on any atom is -0.277 e. The molecule has 0 bridgehead atoms. The Labute approximate surface area is 331 Å². The first-order chi connectivity index (χ1) is 27.7. The lowest BCUT2D eigenvalue weighted by molar-refractivity contribution is 1.02. The van der Waals surface area contributed by atoms with Crippen molar-refractivity contribution in [2.45, 2.75) is 6.92 Å². The highest BCUT2D eigenvalue weighted by molar-refractivity contribution is 7.27. The fourth-order valence-electron chi connectivity index (χ4n) is 8.41. The van der Waals surface area contributed by atoms with Gasteiger partial charge in [0.2, 0.25) is 5.95 Å². The van der Waals surface area contributed by atoms with Gasteiger partial charge in [-0.1, -0.05) is 140 Å². The number of hydrogen-bond donors (Lipinski definition) is 0. The Hall–Kier alpha value is -6.66. The summed E-state index contributed by atoms with van der Waals surface area (Å²) in [5.41, 5.74) is 8.81. The molecule has 0 amide bonds. The normalized spacial score (nSPS) is 12.5. The molecular formula is C51H33N3S2. The Balaban J connectivity index is 1.30. The number of allylic oxidation sites excluding steroid dienone is 5. The van der Waals surface area contributed by atoms with E-state index in [0.29, 0.717) is 5.95 Å². The largest absolute Gasteiger partial charge is 0.277 e. The maximum Gasteiger partial charge on any atom is 0.236 e. The van der Waals surface area contributed by atoms with E-state index in [9.17, 15) is 0 Å². The molecule has 0 N–H and O–H groups in total. The number of hydrogen-bond acceptors (Lipinski definition) is 4. The van der Waals surface area contributed by atoms with Crippen LogP contribution in [0, 0.1) is 0 Å². The lowest BCUT2D eigenvalue weighted by atomic mass is 9.94. The highest BCUT2D eigenvalue weighted by atomic mass is 32.1. The van der Waals surface area contributed by atoms with Gasteiger partial charge in [0, 0.05) is 57.4 Å². The molecule has 0 spiro atoms. The van der Waals surface area contributed by atoms with Crippen LogP contribution in [-0.2, 0) is 0 Å². The van der Waals surface area contributed by atoms with Gasteiger partial charge in [-0.3, -0.25) is 4.57 Å². The van der Waals surface area contributed by atoms with Crippen LogP contribution in [0.2, 0.25) is 0 Å². The predicted molar refractivity (Wildman–Crippen MR) is 244 cm³/mol. The summed E-state index contributed by atoms with van der Waals surface area (Å²) in [6, 6.07) is 52.6. The van der Waals surface area contributed by atoms with Gasteiger partial charge in [0.25, 0.3) is 0 Å². The van der Waals surface area contributed by atoms with Crippen LogP contribution >= 0.6 is 22.7 Å². The van der Waals surface area contributed by atoms with Crippen molar-refractivity contribution < 1.29 is 0 Å². The molecule has 0 saturated carbocycles. The maximum atomic E-state index is 5.71. The topological polar surface area (TPSA) is 30.7 Å². The van der Waals surface area contributed by atoms with E-state index in [0.717, 1.165) is 54.8 Å². The van der Waals surface area contributed by atoms with Crippen molar-refractivity contribution in [3.8, 4) is 28.3 Å². The molecule has 0 fully saturated rings. The van der Waals surface area contributed by atoms with Gasteiger partial charge < -0.3 is 0 Å². The number of aromatic nitrogens is 3. The first-order valence-corrected chi connectivity index (χ1v) is 20.4. The number of benzene rings is 7. The molecule has 0 unspecified atom stereocenters. The highest BCUT2D eigenvalue weighted by Crippen LogP contribution is 2.48. The Morgan fingerprint density at radius 3 is 2.00 bits per heavy atom. The fraction of sp³-hybridized carbons (Fsp3) is 0.0196. The first kappa shape index (κ1) is 32.7. The third kappa shape index (κ3) is 5.02. The number of para-hydroxylation sites is 1.